The summed E-state index contributed by atoms with van der Waals surface area (Å²) in [5, 5.41) is 5.42. The molecule has 0 unspecified atom stereocenters. The number of unbranched alkanes of at least 4 members (excludes halogenated alkanes) is 5. The average Bonchev–Trinajstić information content (AvgIpc) is 2.70. The van der Waals surface area contributed by atoms with Gasteiger partial charge < -0.3 is 15.4 Å². The van der Waals surface area contributed by atoms with Crippen LogP contribution < -0.4 is 15.4 Å². The van der Waals surface area contributed by atoms with E-state index in [0.29, 0.717) is 6.42 Å². The molecule has 1 fully saturated rings. The smallest absolute Gasteiger partial charge is 0.416 e. The van der Waals surface area contributed by atoms with Crippen molar-refractivity contribution in [1.29, 1.82) is 0 Å². The Balaban J connectivity index is 1.91. The van der Waals surface area contributed by atoms with E-state index in [1.807, 2.05) is 0 Å². The van der Waals surface area contributed by atoms with E-state index in [9.17, 15) is 18.0 Å². The first-order chi connectivity index (χ1) is 14.8. The predicted molar refractivity (Wildman–Crippen MR) is 119 cm³/mol. The Labute approximate surface area is 188 Å². The van der Waals surface area contributed by atoms with Gasteiger partial charge in [0.05, 0.1) is 5.56 Å². The van der Waals surface area contributed by atoms with Gasteiger partial charge in [-0.1, -0.05) is 45.4 Å². The Morgan fingerprint density at radius 2 is 1.84 bits per heavy atom. The predicted octanol–water partition coefficient (Wildman–Crippen LogP) is 6.52. The Bertz CT molecular complexity index is 679. The molecule has 0 spiro atoms. The van der Waals surface area contributed by atoms with Crippen molar-refractivity contribution in [1.82, 2.24) is 5.32 Å². The molecule has 1 aliphatic heterocycles. The van der Waals surface area contributed by atoms with E-state index in [4.69, 9.17) is 16.3 Å². The molecule has 176 valence electrons. The minimum atomic E-state index is -4.53. The Morgan fingerprint density at radius 1 is 1.16 bits per heavy atom. The number of carbonyl (C=O) groups is 1. The molecule has 1 atom stereocenters. The number of amides is 1. The molecular weight excluding hydrogens is 429 g/mol. The van der Waals surface area contributed by atoms with E-state index in [0.717, 1.165) is 57.3 Å². The first kappa shape index (κ1) is 25.8. The summed E-state index contributed by atoms with van der Waals surface area (Å²) in [6, 6.07) is 3.37. The third-order valence-electron chi connectivity index (χ3n) is 5.38. The average molecular weight is 463 g/mol. The summed E-state index contributed by atoms with van der Waals surface area (Å²) < 4.78 is 45.7. The van der Waals surface area contributed by atoms with E-state index < -0.39 is 17.6 Å². The monoisotopic (exact) mass is 462 g/mol. The Hall–Kier alpha value is -1.47. The normalized spacial score (nSPS) is 16.2. The summed E-state index contributed by atoms with van der Waals surface area (Å²) in [5.74, 6) is -0.273. The Morgan fingerprint density at radius 3 is 2.52 bits per heavy atom. The van der Waals surface area contributed by atoms with Gasteiger partial charge in [0.25, 0.3) is 0 Å². The summed E-state index contributed by atoms with van der Waals surface area (Å²) >= 11 is 6.27. The molecule has 8 heteroatoms. The lowest BCUT2D eigenvalue weighted by Gasteiger charge is -2.24. The van der Waals surface area contributed by atoms with Crippen LogP contribution in [0.15, 0.2) is 18.2 Å². The van der Waals surface area contributed by atoms with Crippen molar-refractivity contribution in [2.24, 2.45) is 0 Å². The lowest BCUT2D eigenvalue weighted by molar-refractivity contribution is -0.137. The van der Waals surface area contributed by atoms with Crippen molar-refractivity contribution in [2.45, 2.75) is 88.8 Å². The molecule has 1 aromatic rings. The second kappa shape index (κ2) is 13.2. The summed E-state index contributed by atoms with van der Waals surface area (Å²) in [6.45, 7) is 3.70. The third kappa shape index (κ3) is 10.1. The topological polar surface area (TPSA) is 50.4 Å². The molecule has 1 saturated heterocycles. The van der Waals surface area contributed by atoms with Crippen molar-refractivity contribution in [3.8, 4) is 5.75 Å². The van der Waals surface area contributed by atoms with Crippen LogP contribution in [0.2, 0.25) is 0 Å². The number of alkyl halides is 4. The number of benzene rings is 1. The van der Waals surface area contributed by atoms with Crippen molar-refractivity contribution in [2.75, 3.05) is 18.4 Å². The highest BCUT2D eigenvalue weighted by Crippen LogP contribution is 2.35. The van der Waals surface area contributed by atoms with Crippen molar-refractivity contribution >= 4 is 23.2 Å². The molecule has 4 nitrogen and oxygen atoms in total. The van der Waals surface area contributed by atoms with Crippen LogP contribution in [-0.4, -0.2) is 30.5 Å². The van der Waals surface area contributed by atoms with Gasteiger partial charge in [0, 0.05) is 23.6 Å². The fourth-order valence-electron chi connectivity index (χ4n) is 3.67. The molecular formula is C23H34ClF3N2O2. The van der Waals surface area contributed by atoms with Gasteiger partial charge >= 0.3 is 6.18 Å². The van der Waals surface area contributed by atoms with Gasteiger partial charge in [-0.3, -0.25) is 4.79 Å². The van der Waals surface area contributed by atoms with Crippen LogP contribution in [0.5, 0.6) is 5.75 Å². The Kier molecular flexibility index (Phi) is 10.9. The van der Waals surface area contributed by atoms with Gasteiger partial charge in [-0.25, -0.2) is 0 Å². The maximum Gasteiger partial charge on any atom is 0.416 e. The van der Waals surface area contributed by atoms with Crippen LogP contribution in [0.1, 0.15) is 76.7 Å². The number of halogens is 4. The van der Waals surface area contributed by atoms with Gasteiger partial charge in [-0.15, -0.1) is 11.6 Å². The molecule has 1 aliphatic rings. The van der Waals surface area contributed by atoms with Gasteiger partial charge in [0.15, 0.2) is 0 Å². The molecule has 0 radical (unpaired) electrons. The molecule has 0 bridgehead atoms. The summed E-state index contributed by atoms with van der Waals surface area (Å²) in [7, 11) is 0. The second-order valence-electron chi connectivity index (χ2n) is 8.22. The number of anilines is 1. The zero-order valence-electron chi connectivity index (χ0n) is 18.2. The van der Waals surface area contributed by atoms with Crippen LogP contribution >= 0.6 is 11.6 Å². The van der Waals surface area contributed by atoms with E-state index in [-0.39, 0.29) is 29.3 Å². The molecule has 2 rings (SSSR count). The molecule has 31 heavy (non-hydrogen) atoms. The summed E-state index contributed by atoms with van der Waals surface area (Å²) in [4.78, 5) is 12.3. The van der Waals surface area contributed by atoms with Crippen molar-refractivity contribution < 1.29 is 22.7 Å². The molecule has 1 amide bonds. The zero-order valence-corrected chi connectivity index (χ0v) is 19.0. The van der Waals surface area contributed by atoms with E-state index in [2.05, 4.69) is 17.6 Å². The molecule has 0 aromatic heterocycles. The summed E-state index contributed by atoms with van der Waals surface area (Å²) in [6.07, 6.45) is 4.39. The number of ether oxygens (including phenoxy) is 1. The lowest BCUT2D eigenvalue weighted by Crippen LogP contribution is -2.34. The van der Waals surface area contributed by atoms with Crippen LogP contribution in [0, 0.1) is 0 Å². The molecule has 0 saturated carbocycles. The maximum atomic E-state index is 13.3. The van der Waals surface area contributed by atoms with Gasteiger partial charge in [0.2, 0.25) is 5.91 Å². The van der Waals surface area contributed by atoms with Crippen LogP contribution in [-0.2, 0) is 11.0 Å². The van der Waals surface area contributed by atoms with Crippen LogP contribution in [0.4, 0.5) is 18.9 Å². The quantitative estimate of drug-likeness (QED) is 0.274. The third-order valence-corrected chi connectivity index (χ3v) is 5.76. The highest BCUT2D eigenvalue weighted by Gasteiger charge is 2.32. The zero-order chi connectivity index (χ0) is 22.7. The van der Waals surface area contributed by atoms with Crippen molar-refractivity contribution in [3.63, 3.8) is 0 Å². The number of rotatable bonds is 12. The number of hydrogen-bond acceptors (Lipinski definition) is 3. The highest BCUT2D eigenvalue weighted by atomic mass is 35.5. The van der Waals surface area contributed by atoms with Crippen LogP contribution in [0.25, 0.3) is 0 Å². The van der Waals surface area contributed by atoms with Gasteiger partial charge in [-0.05, 0) is 44.5 Å². The number of nitrogens with one attached hydrogen (secondary N) is 2. The van der Waals surface area contributed by atoms with E-state index in [1.54, 1.807) is 0 Å². The molecule has 2 N–H and O–H groups in total. The van der Waals surface area contributed by atoms with Gasteiger partial charge in [-0.2, -0.15) is 13.2 Å². The fourth-order valence-corrected chi connectivity index (χ4v) is 3.96. The maximum absolute atomic E-state index is 13.3. The highest BCUT2D eigenvalue weighted by molar-refractivity contribution is 6.22. The largest absolute Gasteiger partial charge is 0.490 e. The number of carbonyl (C=O) groups excluding carboxylic acids is 1. The minimum Gasteiger partial charge on any atom is -0.490 e. The second-order valence-corrected chi connectivity index (χ2v) is 8.83. The first-order valence-electron chi connectivity index (χ1n) is 11.3. The summed E-state index contributed by atoms with van der Waals surface area (Å²) in [5.41, 5.74) is -0.768. The van der Waals surface area contributed by atoms with E-state index >= 15 is 0 Å². The first-order valence-corrected chi connectivity index (χ1v) is 11.7. The molecule has 1 aromatic carbocycles. The fraction of sp³-hybridized carbons (Fsp3) is 0.696. The number of piperidine rings is 1. The minimum absolute atomic E-state index is 0.0667. The standard InChI is InChI=1S/C23H34ClF3N2O2/c1-2-3-4-5-6-7-8-18(24)15-22(30)29-19-13-17(23(25,26)27)14-21(16-19)31-20-9-11-28-12-10-20/h13-14,16,18,20,28H,2-12,15H2,1H3,(H,29,30)/t18-/m1/s1. The molecule has 1 heterocycles. The molecule has 0 aliphatic carbocycles. The van der Waals surface area contributed by atoms with Crippen molar-refractivity contribution in [3.05, 3.63) is 23.8 Å². The van der Waals surface area contributed by atoms with Gasteiger partial charge in [0.1, 0.15) is 11.9 Å². The number of hydrogen-bond donors (Lipinski definition) is 2. The SMILES string of the molecule is CCCCCCCC[C@@H](Cl)CC(=O)Nc1cc(OC2CCNCC2)cc(C(F)(F)F)c1. The van der Waals surface area contributed by atoms with E-state index in [1.165, 1.54) is 25.3 Å². The van der Waals surface area contributed by atoms with Crippen LogP contribution in [0.3, 0.4) is 0 Å². The lowest BCUT2D eigenvalue weighted by atomic mass is 10.1.